The predicted molar refractivity (Wildman–Crippen MR) is 66.2 cm³/mol. The third kappa shape index (κ3) is 2.23. The van der Waals surface area contributed by atoms with E-state index in [1.54, 1.807) is 18.3 Å². The smallest absolute Gasteiger partial charge is 0.150 e. The molecule has 1 aromatic carbocycles. The second kappa shape index (κ2) is 4.66. The zero-order chi connectivity index (χ0) is 12.5. The summed E-state index contributed by atoms with van der Waals surface area (Å²) in [6.07, 6.45) is 4.02. The zero-order valence-electron chi connectivity index (χ0n) is 9.61. The molecule has 1 aliphatic rings. The normalized spacial score (nSPS) is 15.0. The fraction of sp³-hybridized carbons (Fsp3) is 0.333. The molecule has 18 heavy (non-hydrogen) atoms. The SMILES string of the molecule is Fc1cccc(Cl)c1-n1nncc1CNC1CC1. The number of hydrogen-bond acceptors (Lipinski definition) is 3. The highest BCUT2D eigenvalue weighted by atomic mass is 35.5. The van der Waals surface area contributed by atoms with E-state index in [1.807, 2.05) is 0 Å². The van der Waals surface area contributed by atoms with Gasteiger partial charge in [-0.25, -0.2) is 9.07 Å². The molecule has 1 aromatic heterocycles. The molecule has 1 heterocycles. The molecule has 0 unspecified atom stereocenters. The summed E-state index contributed by atoms with van der Waals surface area (Å²) in [6.45, 7) is 0.613. The first-order valence-corrected chi connectivity index (χ1v) is 6.21. The van der Waals surface area contributed by atoms with E-state index in [0.29, 0.717) is 17.6 Å². The fourth-order valence-corrected chi connectivity index (χ4v) is 2.04. The first-order chi connectivity index (χ1) is 8.75. The Hall–Kier alpha value is -1.46. The molecular weight excluding hydrogens is 255 g/mol. The van der Waals surface area contributed by atoms with E-state index < -0.39 is 5.82 Å². The Balaban J connectivity index is 1.93. The van der Waals surface area contributed by atoms with E-state index in [4.69, 9.17) is 11.6 Å². The standard InChI is InChI=1S/C12H12ClFN4/c13-10-2-1-3-11(14)12(10)18-9(7-16-17-18)6-15-8-4-5-8/h1-3,7-8,15H,4-6H2. The van der Waals surface area contributed by atoms with Crippen LogP contribution in [0.25, 0.3) is 5.69 Å². The first kappa shape index (κ1) is 11.6. The highest BCUT2D eigenvalue weighted by Gasteiger charge is 2.21. The predicted octanol–water partition coefficient (Wildman–Crippen LogP) is 2.31. The van der Waals surface area contributed by atoms with Gasteiger partial charge in [0.1, 0.15) is 11.5 Å². The lowest BCUT2D eigenvalue weighted by Crippen LogP contribution is -2.18. The van der Waals surface area contributed by atoms with Gasteiger partial charge in [0.2, 0.25) is 0 Å². The van der Waals surface area contributed by atoms with E-state index in [9.17, 15) is 4.39 Å². The van der Waals surface area contributed by atoms with Crippen molar-refractivity contribution in [2.24, 2.45) is 0 Å². The largest absolute Gasteiger partial charge is 0.308 e. The highest BCUT2D eigenvalue weighted by molar-refractivity contribution is 6.32. The fourth-order valence-electron chi connectivity index (χ4n) is 1.79. The molecule has 6 heteroatoms. The lowest BCUT2D eigenvalue weighted by molar-refractivity contribution is 0.592. The topological polar surface area (TPSA) is 42.7 Å². The number of nitrogens with one attached hydrogen (secondary N) is 1. The number of para-hydroxylation sites is 1. The van der Waals surface area contributed by atoms with Crippen LogP contribution in [0.15, 0.2) is 24.4 Å². The Kier molecular flexibility index (Phi) is 3.01. The van der Waals surface area contributed by atoms with Gasteiger partial charge >= 0.3 is 0 Å². The molecule has 0 saturated heterocycles. The number of benzene rings is 1. The van der Waals surface area contributed by atoms with Crippen molar-refractivity contribution in [1.82, 2.24) is 20.3 Å². The van der Waals surface area contributed by atoms with Gasteiger partial charge in [0.05, 0.1) is 16.9 Å². The van der Waals surface area contributed by atoms with Crippen molar-refractivity contribution in [1.29, 1.82) is 0 Å². The van der Waals surface area contributed by atoms with Gasteiger partial charge in [0.15, 0.2) is 0 Å². The second-order valence-corrected chi connectivity index (χ2v) is 4.77. The summed E-state index contributed by atoms with van der Waals surface area (Å²) in [6, 6.07) is 5.14. The van der Waals surface area contributed by atoms with Crippen LogP contribution in [0.1, 0.15) is 18.5 Å². The molecule has 0 spiro atoms. The Bertz CT molecular complexity index is 545. The van der Waals surface area contributed by atoms with Crippen LogP contribution < -0.4 is 5.32 Å². The van der Waals surface area contributed by atoms with Gasteiger partial charge in [-0.15, -0.1) is 5.10 Å². The number of hydrogen-bond donors (Lipinski definition) is 1. The molecule has 1 fully saturated rings. The molecule has 1 N–H and O–H groups in total. The third-order valence-electron chi connectivity index (χ3n) is 2.92. The van der Waals surface area contributed by atoms with Crippen molar-refractivity contribution in [2.45, 2.75) is 25.4 Å². The molecule has 0 bridgehead atoms. The van der Waals surface area contributed by atoms with Crippen molar-refractivity contribution < 1.29 is 4.39 Å². The summed E-state index contributed by atoms with van der Waals surface area (Å²) in [5, 5.41) is 11.4. The maximum absolute atomic E-state index is 13.8. The summed E-state index contributed by atoms with van der Waals surface area (Å²) in [5.74, 6) is -0.402. The molecule has 3 rings (SSSR count). The molecule has 0 radical (unpaired) electrons. The van der Waals surface area contributed by atoms with Crippen LogP contribution in [0.2, 0.25) is 5.02 Å². The van der Waals surface area contributed by atoms with Gasteiger partial charge in [0.25, 0.3) is 0 Å². The number of aromatic nitrogens is 3. The highest BCUT2D eigenvalue weighted by Crippen LogP contribution is 2.24. The van der Waals surface area contributed by atoms with Crippen LogP contribution in [0.4, 0.5) is 4.39 Å². The van der Waals surface area contributed by atoms with Crippen molar-refractivity contribution in [3.05, 3.63) is 40.9 Å². The van der Waals surface area contributed by atoms with E-state index in [-0.39, 0.29) is 5.69 Å². The molecule has 2 aromatic rings. The van der Waals surface area contributed by atoms with Gasteiger partial charge in [-0.2, -0.15) is 0 Å². The molecular formula is C12H12ClFN4. The van der Waals surface area contributed by atoms with Crippen molar-refractivity contribution in [3.63, 3.8) is 0 Å². The van der Waals surface area contributed by atoms with Gasteiger partial charge in [-0.1, -0.05) is 22.9 Å². The Morgan fingerprint density at radius 2 is 2.28 bits per heavy atom. The number of nitrogens with zero attached hydrogens (tertiary/aromatic N) is 3. The summed E-state index contributed by atoms with van der Waals surface area (Å²) in [5.41, 5.74) is 1.05. The molecule has 4 nitrogen and oxygen atoms in total. The monoisotopic (exact) mass is 266 g/mol. The molecule has 94 valence electrons. The molecule has 0 atom stereocenters. The van der Waals surface area contributed by atoms with E-state index in [1.165, 1.54) is 23.6 Å². The molecule has 0 aliphatic heterocycles. The maximum Gasteiger partial charge on any atom is 0.150 e. The minimum absolute atomic E-state index is 0.254. The van der Waals surface area contributed by atoms with Crippen LogP contribution in [0, 0.1) is 5.82 Å². The van der Waals surface area contributed by atoms with E-state index >= 15 is 0 Å². The minimum Gasteiger partial charge on any atom is -0.308 e. The van der Waals surface area contributed by atoms with Gasteiger partial charge < -0.3 is 5.32 Å². The van der Waals surface area contributed by atoms with E-state index in [0.717, 1.165) is 5.69 Å². The summed E-state index contributed by atoms with van der Waals surface area (Å²) < 4.78 is 15.3. The summed E-state index contributed by atoms with van der Waals surface area (Å²) in [4.78, 5) is 0. The van der Waals surface area contributed by atoms with E-state index in [2.05, 4.69) is 15.6 Å². The molecule has 0 amide bonds. The maximum atomic E-state index is 13.8. The lowest BCUT2D eigenvalue weighted by Gasteiger charge is -2.09. The second-order valence-electron chi connectivity index (χ2n) is 4.36. The number of rotatable bonds is 4. The Morgan fingerprint density at radius 1 is 1.44 bits per heavy atom. The van der Waals surface area contributed by atoms with Crippen LogP contribution >= 0.6 is 11.6 Å². The summed E-state index contributed by atoms with van der Waals surface area (Å²) >= 11 is 6.02. The average Bonchev–Trinajstić information content (AvgIpc) is 3.06. The average molecular weight is 267 g/mol. The Labute approximate surface area is 109 Å². The van der Waals surface area contributed by atoms with Crippen LogP contribution in [0.5, 0.6) is 0 Å². The van der Waals surface area contributed by atoms with Gasteiger partial charge in [-0.05, 0) is 25.0 Å². The third-order valence-corrected chi connectivity index (χ3v) is 3.22. The lowest BCUT2D eigenvalue weighted by atomic mass is 10.3. The Morgan fingerprint density at radius 3 is 3.00 bits per heavy atom. The quantitative estimate of drug-likeness (QED) is 0.923. The van der Waals surface area contributed by atoms with Gasteiger partial charge in [-0.3, -0.25) is 0 Å². The molecule has 1 saturated carbocycles. The van der Waals surface area contributed by atoms with Crippen LogP contribution in [0.3, 0.4) is 0 Å². The van der Waals surface area contributed by atoms with Crippen molar-refractivity contribution in [2.75, 3.05) is 0 Å². The first-order valence-electron chi connectivity index (χ1n) is 5.83. The van der Waals surface area contributed by atoms with Gasteiger partial charge in [0, 0.05) is 12.6 Å². The number of halogens is 2. The van der Waals surface area contributed by atoms with Crippen LogP contribution in [-0.2, 0) is 6.54 Å². The van der Waals surface area contributed by atoms with Crippen molar-refractivity contribution in [3.8, 4) is 5.69 Å². The summed E-state index contributed by atoms with van der Waals surface area (Å²) in [7, 11) is 0. The molecule has 1 aliphatic carbocycles. The zero-order valence-corrected chi connectivity index (χ0v) is 10.4. The van der Waals surface area contributed by atoms with Crippen LogP contribution in [-0.4, -0.2) is 21.0 Å². The minimum atomic E-state index is -0.402. The van der Waals surface area contributed by atoms with Crippen molar-refractivity contribution >= 4 is 11.6 Å².